The standard InChI is InChI=1S/C18H27N3O3/c22-15(19-10-16(23)21-14-1-2-14)9-20-17(24)18-6-11-3-12(7-18)5-13(4-11)8-18/h11-14H,1-10H2,(H,19,22)(H,20,24)(H,21,23). The predicted molar refractivity (Wildman–Crippen MR) is 87.8 cm³/mol. The van der Waals surface area contributed by atoms with Crippen molar-refractivity contribution in [1.82, 2.24) is 16.0 Å². The lowest BCUT2D eigenvalue weighted by atomic mass is 9.49. The van der Waals surface area contributed by atoms with E-state index in [1.165, 1.54) is 19.3 Å². The van der Waals surface area contributed by atoms with Crippen molar-refractivity contribution < 1.29 is 14.4 Å². The van der Waals surface area contributed by atoms with Crippen LogP contribution in [0, 0.1) is 23.2 Å². The Bertz CT molecular complexity index is 520. The van der Waals surface area contributed by atoms with Crippen molar-refractivity contribution in [2.24, 2.45) is 23.2 Å². The van der Waals surface area contributed by atoms with Crippen molar-refractivity contribution in [2.75, 3.05) is 13.1 Å². The van der Waals surface area contributed by atoms with Gasteiger partial charge in [0.2, 0.25) is 17.7 Å². The molecule has 0 spiro atoms. The number of hydrogen-bond acceptors (Lipinski definition) is 3. The molecule has 0 aromatic carbocycles. The van der Waals surface area contributed by atoms with Crippen LogP contribution in [0.2, 0.25) is 0 Å². The number of amides is 3. The van der Waals surface area contributed by atoms with Gasteiger partial charge in [0.1, 0.15) is 0 Å². The average molecular weight is 333 g/mol. The highest BCUT2D eigenvalue weighted by Gasteiger charge is 2.54. The van der Waals surface area contributed by atoms with Gasteiger partial charge in [-0.1, -0.05) is 0 Å². The second-order valence-corrected chi connectivity index (χ2v) is 8.50. The first-order valence-corrected chi connectivity index (χ1v) is 9.37. The molecule has 0 radical (unpaired) electrons. The van der Waals surface area contributed by atoms with E-state index in [-0.39, 0.29) is 36.2 Å². The third-order valence-electron chi connectivity index (χ3n) is 6.32. The van der Waals surface area contributed by atoms with Crippen LogP contribution in [0.1, 0.15) is 51.4 Å². The Kier molecular flexibility index (Phi) is 4.01. The number of carbonyl (C=O) groups is 3. The fraction of sp³-hybridized carbons (Fsp3) is 0.833. The Morgan fingerprint density at radius 2 is 1.33 bits per heavy atom. The molecule has 0 atom stereocenters. The van der Waals surface area contributed by atoms with Gasteiger partial charge in [-0.25, -0.2) is 0 Å². The van der Waals surface area contributed by atoms with Gasteiger partial charge >= 0.3 is 0 Å². The molecule has 0 aromatic rings. The highest BCUT2D eigenvalue weighted by atomic mass is 16.2. The lowest BCUT2D eigenvalue weighted by molar-refractivity contribution is -0.147. The van der Waals surface area contributed by atoms with E-state index >= 15 is 0 Å². The van der Waals surface area contributed by atoms with E-state index in [0.717, 1.165) is 32.1 Å². The third kappa shape index (κ3) is 3.28. The second-order valence-electron chi connectivity index (χ2n) is 8.50. The maximum Gasteiger partial charge on any atom is 0.239 e. The third-order valence-corrected chi connectivity index (χ3v) is 6.32. The molecular formula is C18H27N3O3. The van der Waals surface area contributed by atoms with Crippen molar-refractivity contribution in [2.45, 2.75) is 57.4 Å². The summed E-state index contributed by atoms with van der Waals surface area (Å²) >= 11 is 0. The lowest BCUT2D eigenvalue weighted by Crippen LogP contribution is -2.54. The summed E-state index contributed by atoms with van der Waals surface area (Å²) in [7, 11) is 0. The van der Waals surface area contributed by atoms with Gasteiger partial charge in [0, 0.05) is 11.5 Å². The number of hydrogen-bond donors (Lipinski definition) is 3. The lowest BCUT2D eigenvalue weighted by Gasteiger charge is -2.55. The number of carbonyl (C=O) groups excluding carboxylic acids is 3. The minimum Gasteiger partial charge on any atom is -0.352 e. The topological polar surface area (TPSA) is 87.3 Å². The van der Waals surface area contributed by atoms with Crippen molar-refractivity contribution in [3.63, 3.8) is 0 Å². The molecule has 5 saturated carbocycles. The Morgan fingerprint density at radius 3 is 1.88 bits per heavy atom. The van der Waals surface area contributed by atoms with Gasteiger partial charge < -0.3 is 16.0 Å². The average Bonchev–Trinajstić information content (AvgIpc) is 3.33. The molecule has 5 rings (SSSR count). The van der Waals surface area contributed by atoms with Crippen LogP contribution in [0.3, 0.4) is 0 Å². The SMILES string of the molecule is O=C(CNC(=O)C12CC3CC(CC(C3)C1)C2)NCC(=O)NC1CC1. The molecule has 0 aromatic heterocycles. The van der Waals surface area contributed by atoms with E-state index in [1.54, 1.807) is 0 Å². The first-order chi connectivity index (χ1) is 11.5. The molecule has 3 N–H and O–H groups in total. The monoisotopic (exact) mass is 333 g/mol. The highest BCUT2D eigenvalue weighted by Crippen LogP contribution is 2.60. The van der Waals surface area contributed by atoms with E-state index in [4.69, 9.17) is 0 Å². The first kappa shape index (κ1) is 15.9. The summed E-state index contributed by atoms with van der Waals surface area (Å²) in [6, 6.07) is 0.296. The van der Waals surface area contributed by atoms with Crippen LogP contribution < -0.4 is 16.0 Å². The number of rotatable bonds is 6. The maximum atomic E-state index is 12.7. The fourth-order valence-corrected chi connectivity index (χ4v) is 5.48. The van der Waals surface area contributed by atoms with Crippen molar-refractivity contribution in [1.29, 1.82) is 0 Å². The van der Waals surface area contributed by atoms with Gasteiger partial charge in [-0.05, 0) is 69.1 Å². The van der Waals surface area contributed by atoms with E-state index in [2.05, 4.69) is 16.0 Å². The molecule has 0 unspecified atom stereocenters. The zero-order chi connectivity index (χ0) is 16.7. The predicted octanol–water partition coefficient (Wildman–Crippen LogP) is 0.714. The largest absolute Gasteiger partial charge is 0.352 e. The molecule has 0 heterocycles. The summed E-state index contributed by atoms with van der Waals surface area (Å²) in [4.78, 5) is 36.1. The van der Waals surface area contributed by atoms with Gasteiger partial charge in [0.25, 0.3) is 0 Å². The zero-order valence-corrected chi connectivity index (χ0v) is 14.1. The highest BCUT2D eigenvalue weighted by molar-refractivity contribution is 5.90. The van der Waals surface area contributed by atoms with Crippen LogP contribution in [0.5, 0.6) is 0 Å². The van der Waals surface area contributed by atoms with Gasteiger partial charge in [0.05, 0.1) is 13.1 Å². The molecule has 0 saturated heterocycles. The minimum atomic E-state index is -0.293. The molecule has 5 aliphatic rings. The van der Waals surface area contributed by atoms with Gasteiger partial charge in [0.15, 0.2) is 0 Å². The Labute approximate surface area is 142 Å². The zero-order valence-electron chi connectivity index (χ0n) is 14.1. The fourth-order valence-electron chi connectivity index (χ4n) is 5.48. The van der Waals surface area contributed by atoms with E-state index in [1.807, 2.05) is 0 Å². The van der Waals surface area contributed by atoms with Gasteiger partial charge in [-0.3, -0.25) is 14.4 Å². The van der Waals surface area contributed by atoms with Crippen LogP contribution >= 0.6 is 0 Å². The van der Waals surface area contributed by atoms with Crippen LogP contribution in [0.15, 0.2) is 0 Å². The summed E-state index contributed by atoms with van der Waals surface area (Å²) < 4.78 is 0. The maximum absolute atomic E-state index is 12.7. The molecule has 0 aliphatic heterocycles. The molecule has 6 heteroatoms. The van der Waals surface area contributed by atoms with Crippen LogP contribution in [0.4, 0.5) is 0 Å². The van der Waals surface area contributed by atoms with E-state index < -0.39 is 0 Å². The smallest absolute Gasteiger partial charge is 0.239 e. The second kappa shape index (κ2) is 6.05. The molecule has 132 valence electrons. The van der Waals surface area contributed by atoms with Crippen molar-refractivity contribution in [3.05, 3.63) is 0 Å². The quantitative estimate of drug-likeness (QED) is 0.669. The molecule has 4 bridgehead atoms. The van der Waals surface area contributed by atoms with Crippen LogP contribution in [0.25, 0.3) is 0 Å². The number of nitrogens with one attached hydrogen (secondary N) is 3. The summed E-state index contributed by atoms with van der Waals surface area (Å²) in [5, 5.41) is 8.23. The summed E-state index contributed by atoms with van der Waals surface area (Å²) in [5.74, 6) is 1.74. The molecule has 5 fully saturated rings. The first-order valence-electron chi connectivity index (χ1n) is 9.37. The molecule has 3 amide bonds. The van der Waals surface area contributed by atoms with Crippen LogP contribution in [-0.4, -0.2) is 36.9 Å². The van der Waals surface area contributed by atoms with Crippen molar-refractivity contribution >= 4 is 17.7 Å². The molecular weight excluding hydrogens is 306 g/mol. The van der Waals surface area contributed by atoms with E-state index in [0.29, 0.717) is 23.8 Å². The molecule has 24 heavy (non-hydrogen) atoms. The Hall–Kier alpha value is -1.59. The Morgan fingerprint density at radius 1 is 0.792 bits per heavy atom. The molecule has 6 nitrogen and oxygen atoms in total. The summed E-state index contributed by atoms with van der Waals surface area (Å²) in [5.41, 5.74) is -0.224. The Balaban J connectivity index is 1.23. The van der Waals surface area contributed by atoms with Gasteiger partial charge in [-0.15, -0.1) is 0 Å². The van der Waals surface area contributed by atoms with Crippen LogP contribution in [-0.2, 0) is 14.4 Å². The molecule has 5 aliphatic carbocycles. The van der Waals surface area contributed by atoms with Crippen molar-refractivity contribution in [3.8, 4) is 0 Å². The summed E-state index contributed by atoms with van der Waals surface area (Å²) in [6.07, 6.45) is 8.93. The normalized spacial score (nSPS) is 36.2. The summed E-state index contributed by atoms with van der Waals surface area (Å²) in [6.45, 7) is -0.0418. The van der Waals surface area contributed by atoms with Gasteiger partial charge in [-0.2, -0.15) is 0 Å². The minimum absolute atomic E-state index is 0.0113. The van der Waals surface area contributed by atoms with E-state index in [9.17, 15) is 14.4 Å².